The molecule has 8 nitrogen and oxygen atoms in total. The lowest BCUT2D eigenvalue weighted by Crippen LogP contribution is -2.48. The summed E-state index contributed by atoms with van der Waals surface area (Å²) in [5.41, 5.74) is 2.00. The minimum Gasteiger partial charge on any atom is -0.373 e. The second-order valence-corrected chi connectivity index (χ2v) is 10.4. The number of nitrogens with zero attached hydrogens (tertiary/aromatic N) is 3. The molecule has 0 spiro atoms. The molecule has 1 aliphatic heterocycles. The monoisotopic (exact) mass is 482 g/mol. The van der Waals surface area contributed by atoms with Crippen molar-refractivity contribution in [3.8, 4) is 6.07 Å². The fourth-order valence-corrected chi connectivity index (χ4v) is 5.55. The summed E-state index contributed by atoms with van der Waals surface area (Å²) in [5.74, 6) is -0.232. The van der Waals surface area contributed by atoms with Crippen molar-refractivity contribution in [1.29, 1.82) is 5.26 Å². The van der Waals surface area contributed by atoms with Gasteiger partial charge in [0, 0.05) is 31.9 Å². The molecule has 2 aromatic carbocycles. The third kappa shape index (κ3) is 6.74. The van der Waals surface area contributed by atoms with Crippen LogP contribution in [-0.2, 0) is 26.1 Å². The van der Waals surface area contributed by atoms with Crippen LogP contribution in [0.4, 0.5) is 5.69 Å². The summed E-state index contributed by atoms with van der Waals surface area (Å²) in [6, 6.07) is 15.6. The quantitative estimate of drug-likeness (QED) is 0.551. The molecule has 9 heteroatoms. The molecule has 1 fully saturated rings. The average molecular weight is 483 g/mol. The molecule has 1 amide bonds. The van der Waals surface area contributed by atoms with Crippen molar-refractivity contribution < 1.29 is 17.9 Å². The lowest BCUT2D eigenvalue weighted by atomic mass is 10.1. The molecular formula is C25H30N4O4S. The van der Waals surface area contributed by atoms with Crippen LogP contribution in [0.1, 0.15) is 25.0 Å². The van der Waals surface area contributed by atoms with E-state index in [1.165, 1.54) is 16.4 Å². The van der Waals surface area contributed by atoms with Crippen molar-refractivity contribution in [1.82, 2.24) is 9.21 Å². The molecule has 0 saturated carbocycles. The molecule has 1 N–H and O–H groups in total. The predicted molar refractivity (Wildman–Crippen MR) is 130 cm³/mol. The zero-order valence-electron chi connectivity index (χ0n) is 19.5. The molecule has 34 heavy (non-hydrogen) atoms. The summed E-state index contributed by atoms with van der Waals surface area (Å²) in [7, 11) is -3.64. The van der Waals surface area contributed by atoms with Crippen LogP contribution in [0.15, 0.2) is 66.1 Å². The number of nitrogens with one attached hydrogen (secondary N) is 1. The number of carbonyl (C=O) groups excluding carboxylic acids is 1. The van der Waals surface area contributed by atoms with Crippen molar-refractivity contribution in [2.75, 3.05) is 31.5 Å². The van der Waals surface area contributed by atoms with Gasteiger partial charge < -0.3 is 10.1 Å². The van der Waals surface area contributed by atoms with Gasteiger partial charge in [-0.1, -0.05) is 18.2 Å². The number of rotatable bonds is 9. The molecule has 0 aromatic heterocycles. The smallest absolute Gasteiger partial charge is 0.243 e. The van der Waals surface area contributed by atoms with Gasteiger partial charge in [-0.3, -0.25) is 9.69 Å². The highest BCUT2D eigenvalue weighted by atomic mass is 32.2. The molecule has 180 valence electrons. The number of anilines is 1. The van der Waals surface area contributed by atoms with Crippen LogP contribution in [0.5, 0.6) is 0 Å². The van der Waals surface area contributed by atoms with E-state index in [-0.39, 0.29) is 29.6 Å². The van der Waals surface area contributed by atoms with Gasteiger partial charge in [0.05, 0.1) is 35.3 Å². The molecule has 0 aliphatic carbocycles. The van der Waals surface area contributed by atoms with E-state index in [1.54, 1.807) is 30.3 Å². The van der Waals surface area contributed by atoms with Gasteiger partial charge in [-0.05, 0) is 55.8 Å². The SMILES string of the molecule is C=CCN(CC(=O)Nc1ccc(S(=O)(=O)N2CC(C)OC(C)C2)cc1)Cc1cccc(C#N)c1. The van der Waals surface area contributed by atoms with Gasteiger partial charge in [0.2, 0.25) is 15.9 Å². The number of carbonyl (C=O) groups is 1. The molecular weight excluding hydrogens is 452 g/mol. The summed E-state index contributed by atoms with van der Waals surface area (Å²) in [5, 5.41) is 11.9. The summed E-state index contributed by atoms with van der Waals surface area (Å²) >= 11 is 0. The highest BCUT2D eigenvalue weighted by Gasteiger charge is 2.32. The molecule has 1 aliphatic rings. The summed E-state index contributed by atoms with van der Waals surface area (Å²) in [6.45, 7) is 9.18. The van der Waals surface area contributed by atoms with Gasteiger partial charge >= 0.3 is 0 Å². The van der Waals surface area contributed by atoms with Gasteiger partial charge in [-0.2, -0.15) is 9.57 Å². The van der Waals surface area contributed by atoms with Crippen LogP contribution in [0.25, 0.3) is 0 Å². The average Bonchev–Trinajstić information content (AvgIpc) is 2.79. The lowest BCUT2D eigenvalue weighted by Gasteiger charge is -2.34. The zero-order valence-corrected chi connectivity index (χ0v) is 20.3. The van der Waals surface area contributed by atoms with Crippen LogP contribution in [0.3, 0.4) is 0 Å². The minimum atomic E-state index is -3.64. The van der Waals surface area contributed by atoms with E-state index < -0.39 is 10.0 Å². The maximum Gasteiger partial charge on any atom is 0.243 e. The maximum absolute atomic E-state index is 13.0. The largest absolute Gasteiger partial charge is 0.373 e. The van der Waals surface area contributed by atoms with Gasteiger partial charge in [0.1, 0.15) is 0 Å². The number of ether oxygens (including phenoxy) is 1. The fraction of sp³-hybridized carbons (Fsp3) is 0.360. The summed E-state index contributed by atoms with van der Waals surface area (Å²) in [4.78, 5) is 14.7. The first kappa shape index (κ1) is 25.6. The van der Waals surface area contributed by atoms with Crippen LogP contribution in [-0.4, -0.2) is 61.9 Å². The molecule has 2 aromatic rings. The van der Waals surface area contributed by atoms with E-state index in [2.05, 4.69) is 18.0 Å². The number of amides is 1. The number of sulfonamides is 1. The van der Waals surface area contributed by atoms with Crippen LogP contribution < -0.4 is 5.32 Å². The zero-order chi connectivity index (χ0) is 24.7. The third-order valence-electron chi connectivity index (χ3n) is 5.38. The highest BCUT2D eigenvalue weighted by Crippen LogP contribution is 2.22. The first-order chi connectivity index (χ1) is 16.2. The van der Waals surface area contributed by atoms with E-state index >= 15 is 0 Å². The normalized spacial score (nSPS) is 18.9. The number of benzene rings is 2. The van der Waals surface area contributed by atoms with Crippen molar-refractivity contribution in [2.24, 2.45) is 0 Å². The first-order valence-electron chi connectivity index (χ1n) is 11.1. The Hall–Kier alpha value is -3.03. The summed E-state index contributed by atoms with van der Waals surface area (Å²) < 4.78 is 33.1. The Morgan fingerprint density at radius 1 is 1.24 bits per heavy atom. The number of hydrogen-bond acceptors (Lipinski definition) is 6. The molecule has 2 atom stereocenters. The Morgan fingerprint density at radius 3 is 2.53 bits per heavy atom. The number of nitriles is 1. The van der Waals surface area contributed by atoms with Crippen molar-refractivity contribution >= 4 is 21.6 Å². The minimum absolute atomic E-state index is 0.117. The van der Waals surface area contributed by atoms with Crippen LogP contribution in [0.2, 0.25) is 0 Å². The maximum atomic E-state index is 13.0. The molecule has 0 radical (unpaired) electrons. The highest BCUT2D eigenvalue weighted by molar-refractivity contribution is 7.89. The van der Waals surface area contributed by atoms with Crippen molar-refractivity contribution in [2.45, 2.75) is 37.5 Å². The third-order valence-corrected chi connectivity index (χ3v) is 7.22. The Balaban J connectivity index is 1.63. The van der Waals surface area contributed by atoms with E-state index in [0.29, 0.717) is 37.4 Å². The molecule has 3 rings (SSSR count). The van der Waals surface area contributed by atoms with Crippen molar-refractivity contribution in [3.05, 3.63) is 72.3 Å². The number of hydrogen-bond donors (Lipinski definition) is 1. The van der Waals surface area contributed by atoms with E-state index in [9.17, 15) is 13.2 Å². The lowest BCUT2D eigenvalue weighted by molar-refractivity contribution is -0.117. The van der Waals surface area contributed by atoms with Gasteiger partial charge in [0.15, 0.2) is 0 Å². The first-order valence-corrected chi connectivity index (χ1v) is 12.5. The molecule has 1 saturated heterocycles. The Morgan fingerprint density at radius 2 is 1.91 bits per heavy atom. The summed E-state index contributed by atoms with van der Waals surface area (Å²) in [6.07, 6.45) is 1.38. The van der Waals surface area contributed by atoms with E-state index in [1.807, 2.05) is 30.9 Å². The Kier molecular flexibility index (Phi) is 8.58. The Bertz CT molecular complexity index is 1150. The standard InChI is InChI=1S/C25H30N4O4S/c1-4-12-28(17-22-7-5-6-21(13-22)14-26)18-25(30)27-23-8-10-24(11-9-23)34(31,32)29-15-19(2)33-20(3)16-29/h4-11,13,19-20H,1,12,15-18H2,2-3H3,(H,27,30). The van der Waals surface area contributed by atoms with Gasteiger partial charge in [-0.25, -0.2) is 8.42 Å². The van der Waals surface area contributed by atoms with Crippen LogP contribution >= 0.6 is 0 Å². The number of morpholine rings is 1. The van der Waals surface area contributed by atoms with Gasteiger partial charge in [0.25, 0.3) is 0 Å². The predicted octanol–water partition coefficient (Wildman–Crippen LogP) is 2.98. The molecule has 1 heterocycles. The topological polar surface area (TPSA) is 103 Å². The van der Waals surface area contributed by atoms with Gasteiger partial charge in [-0.15, -0.1) is 6.58 Å². The second-order valence-electron chi connectivity index (χ2n) is 8.42. The van der Waals surface area contributed by atoms with Crippen molar-refractivity contribution in [3.63, 3.8) is 0 Å². The van der Waals surface area contributed by atoms with E-state index in [0.717, 1.165) is 5.56 Å². The fourth-order valence-electron chi connectivity index (χ4n) is 3.95. The van der Waals surface area contributed by atoms with Crippen LogP contribution in [0, 0.1) is 11.3 Å². The molecule has 2 unspecified atom stereocenters. The Labute approximate surface area is 201 Å². The second kappa shape index (κ2) is 11.4. The van der Waals surface area contributed by atoms with E-state index in [4.69, 9.17) is 10.00 Å². The molecule has 0 bridgehead atoms.